The summed E-state index contributed by atoms with van der Waals surface area (Å²) in [6, 6.07) is 10.1. The van der Waals surface area contributed by atoms with Crippen molar-refractivity contribution in [1.29, 1.82) is 0 Å². The van der Waals surface area contributed by atoms with Crippen LogP contribution in [0.4, 0.5) is 5.82 Å². The molecule has 140 valence electrons. The number of nitrogens with zero attached hydrogens (tertiary/aromatic N) is 3. The number of hydrogen-bond donors (Lipinski definition) is 2. The highest BCUT2D eigenvalue weighted by molar-refractivity contribution is 6.05. The first-order valence-electron chi connectivity index (χ1n) is 8.51. The Bertz CT molecular complexity index is 1040. The third-order valence-electron chi connectivity index (χ3n) is 3.97. The fourth-order valence-corrected chi connectivity index (χ4v) is 2.63. The molecular weight excluding hydrogens is 346 g/mol. The molecule has 0 aliphatic carbocycles. The number of amides is 1. The number of carbonyl (C=O) groups excluding carboxylic acids is 1. The molecule has 2 heterocycles. The first kappa shape index (κ1) is 18.4. The summed E-state index contributed by atoms with van der Waals surface area (Å²) in [5.41, 5.74) is 1.42. The first-order chi connectivity index (χ1) is 12.9. The standard InChI is InChI=1S/C19H21N5O3/c1-11(2)14-10-17(25)22-19(20-14)24-16(9-12(3)23-24)21-18(26)13-7-5-6-8-15(13)27-4/h5-11H,1-4H3,(H,21,26)(H,20,22,25). The lowest BCUT2D eigenvalue weighted by atomic mass is 10.1. The van der Waals surface area contributed by atoms with Crippen LogP contribution < -0.4 is 15.6 Å². The van der Waals surface area contributed by atoms with E-state index in [0.29, 0.717) is 28.5 Å². The molecule has 0 aliphatic rings. The van der Waals surface area contributed by atoms with Crippen LogP contribution >= 0.6 is 0 Å². The molecule has 8 nitrogen and oxygen atoms in total. The number of nitrogens with one attached hydrogen (secondary N) is 2. The molecule has 3 rings (SSSR count). The Kier molecular flexibility index (Phi) is 5.07. The fourth-order valence-electron chi connectivity index (χ4n) is 2.63. The number of carbonyl (C=O) groups is 1. The highest BCUT2D eigenvalue weighted by atomic mass is 16.5. The topological polar surface area (TPSA) is 102 Å². The van der Waals surface area contributed by atoms with Crippen molar-refractivity contribution in [2.75, 3.05) is 12.4 Å². The second kappa shape index (κ2) is 7.45. The molecule has 3 aromatic rings. The molecule has 8 heteroatoms. The molecule has 0 aliphatic heterocycles. The molecular formula is C19H21N5O3. The van der Waals surface area contributed by atoms with Crippen LogP contribution in [0.5, 0.6) is 5.75 Å². The number of aryl methyl sites for hydroxylation is 1. The van der Waals surface area contributed by atoms with Crippen molar-refractivity contribution in [3.8, 4) is 11.7 Å². The van der Waals surface area contributed by atoms with Gasteiger partial charge in [-0.15, -0.1) is 0 Å². The molecule has 0 saturated carbocycles. The monoisotopic (exact) mass is 367 g/mol. The van der Waals surface area contributed by atoms with Gasteiger partial charge in [-0.1, -0.05) is 26.0 Å². The fraction of sp³-hybridized carbons (Fsp3) is 0.263. The smallest absolute Gasteiger partial charge is 0.260 e. The predicted molar refractivity (Wildman–Crippen MR) is 102 cm³/mol. The Morgan fingerprint density at radius 2 is 2.00 bits per heavy atom. The van der Waals surface area contributed by atoms with Crippen LogP contribution in [-0.2, 0) is 0 Å². The van der Waals surface area contributed by atoms with Gasteiger partial charge in [0.05, 0.1) is 24.1 Å². The number of aromatic nitrogens is 4. The van der Waals surface area contributed by atoms with E-state index in [-0.39, 0.29) is 23.3 Å². The molecule has 0 radical (unpaired) electrons. The molecule has 2 N–H and O–H groups in total. The number of ether oxygens (including phenoxy) is 1. The predicted octanol–water partition coefficient (Wildman–Crippen LogP) is 2.65. The average molecular weight is 367 g/mol. The van der Waals surface area contributed by atoms with Crippen LogP contribution in [0.15, 0.2) is 41.2 Å². The maximum Gasteiger partial charge on any atom is 0.260 e. The summed E-state index contributed by atoms with van der Waals surface area (Å²) in [5.74, 6) is 0.832. The number of para-hydroxylation sites is 1. The summed E-state index contributed by atoms with van der Waals surface area (Å²) < 4.78 is 6.65. The minimum atomic E-state index is -0.351. The summed E-state index contributed by atoms with van der Waals surface area (Å²) in [5, 5.41) is 7.16. The van der Waals surface area contributed by atoms with E-state index < -0.39 is 0 Å². The highest BCUT2D eigenvalue weighted by Gasteiger charge is 2.17. The zero-order valence-corrected chi connectivity index (χ0v) is 15.6. The number of rotatable bonds is 5. The number of H-pyrrole nitrogens is 1. The molecule has 1 amide bonds. The van der Waals surface area contributed by atoms with E-state index in [1.165, 1.54) is 17.9 Å². The number of benzene rings is 1. The third kappa shape index (κ3) is 3.89. The maximum atomic E-state index is 12.7. The van der Waals surface area contributed by atoms with Crippen molar-refractivity contribution in [3.05, 3.63) is 63.7 Å². The van der Waals surface area contributed by atoms with Gasteiger partial charge >= 0.3 is 0 Å². The minimum Gasteiger partial charge on any atom is -0.496 e. The van der Waals surface area contributed by atoms with Gasteiger partial charge in [0.2, 0.25) is 5.95 Å². The third-order valence-corrected chi connectivity index (χ3v) is 3.97. The van der Waals surface area contributed by atoms with Crippen molar-refractivity contribution in [3.63, 3.8) is 0 Å². The Balaban J connectivity index is 2.00. The molecule has 0 atom stereocenters. The maximum absolute atomic E-state index is 12.7. The quantitative estimate of drug-likeness (QED) is 0.722. The van der Waals surface area contributed by atoms with Crippen LogP contribution in [0.1, 0.15) is 41.5 Å². The zero-order chi connectivity index (χ0) is 19.6. The van der Waals surface area contributed by atoms with Crippen LogP contribution in [-0.4, -0.2) is 32.8 Å². The van der Waals surface area contributed by atoms with Crippen molar-refractivity contribution in [2.24, 2.45) is 0 Å². The number of methoxy groups -OCH3 is 1. The van der Waals surface area contributed by atoms with E-state index in [2.05, 4.69) is 20.4 Å². The highest BCUT2D eigenvalue weighted by Crippen LogP contribution is 2.21. The van der Waals surface area contributed by atoms with Gasteiger partial charge in [-0.3, -0.25) is 14.6 Å². The number of anilines is 1. The van der Waals surface area contributed by atoms with Gasteiger partial charge in [0.1, 0.15) is 11.6 Å². The van der Waals surface area contributed by atoms with E-state index in [0.717, 1.165) is 0 Å². The Morgan fingerprint density at radius 3 is 2.70 bits per heavy atom. The SMILES string of the molecule is COc1ccccc1C(=O)Nc1cc(C)nn1-c1nc(C(C)C)cc(=O)[nH]1. The second-order valence-corrected chi connectivity index (χ2v) is 6.39. The zero-order valence-electron chi connectivity index (χ0n) is 15.6. The van der Waals surface area contributed by atoms with Gasteiger partial charge < -0.3 is 10.1 Å². The molecule has 0 spiro atoms. The van der Waals surface area contributed by atoms with Gasteiger partial charge in [0, 0.05) is 12.1 Å². The molecule has 0 fully saturated rings. The summed E-state index contributed by atoms with van der Waals surface area (Å²) in [6.45, 7) is 5.69. The summed E-state index contributed by atoms with van der Waals surface area (Å²) in [6.07, 6.45) is 0. The average Bonchev–Trinajstić information content (AvgIpc) is 3.01. The number of aromatic amines is 1. The summed E-state index contributed by atoms with van der Waals surface area (Å²) >= 11 is 0. The van der Waals surface area contributed by atoms with Gasteiger partial charge in [0.15, 0.2) is 0 Å². The van der Waals surface area contributed by atoms with Gasteiger partial charge in [0.25, 0.3) is 11.5 Å². The molecule has 0 bridgehead atoms. The largest absolute Gasteiger partial charge is 0.496 e. The van der Waals surface area contributed by atoms with E-state index in [4.69, 9.17) is 4.74 Å². The normalized spacial score (nSPS) is 10.9. The Morgan fingerprint density at radius 1 is 1.26 bits per heavy atom. The summed E-state index contributed by atoms with van der Waals surface area (Å²) in [7, 11) is 1.51. The van der Waals surface area contributed by atoms with E-state index >= 15 is 0 Å². The second-order valence-electron chi connectivity index (χ2n) is 6.39. The number of hydrogen-bond acceptors (Lipinski definition) is 5. The van der Waals surface area contributed by atoms with Gasteiger partial charge in [-0.2, -0.15) is 9.78 Å². The van der Waals surface area contributed by atoms with Crippen LogP contribution in [0.3, 0.4) is 0 Å². The van der Waals surface area contributed by atoms with Crippen molar-refractivity contribution >= 4 is 11.7 Å². The van der Waals surface area contributed by atoms with Crippen LogP contribution in [0, 0.1) is 6.92 Å². The Labute approximate surface area is 156 Å². The van der Waals surface area contributed by atoms with Crippen LogP contribution in [0.25, 0.3) is 5.95 Å². The molecule has 2 aromatic heterocycles. The van der Waals surface area contributed by atoms with Gasteiger partial charge in [-0.05, 0) is 25.0 Å². The molecule has 0 saturated heterocycles. The minimum absolute atomic E-state index is 0.0781. The van der Waals surface area contributed by atoms with E-state index in [1.54, 1.807) is 37.3 Å². The van der Waals surface area contributed by atoms with E-state index in [1.807, 2.05) is 13.8 Å². The van der Waals surface area contributed by atoms with Crippen molar-refractivity contribution < 1.29 is 9.53 Å². The molecule has 0 unspecified atom stereocenters. The summed E-state index contributed by atoms with van der Waals surface area (Å²) in [4.78, 5) is 31.8. The molecule has 27 heavy (non-hydrogen) atoms. The van der Waals surface area contributed by atoms with Crippen molar-refractivity contribution in [1.82, 2.24) is 19.7 Å². The van der Waals surface area contributed by atoms with E-state index in [9.17, 15) is 9.59 Å². The lowest BCUT2D eigenvalue weighted by Crippen LogP contribution is -2.20. The lowest BCUT2D eigenvalue weighted by molar-refractivity contribution is 0.102. The van der Waals surface area contributed by atoms with Gasteiger partial charge in [-0.25, -0.2) is 4.98 Å². The Hall–Kier alpha value is -3.42. The first-order valence-corrected chi connectivity index (χ1v) is 8.51. The molecule has 1 aromatic carbocycles. The van der Waals surface area contributed by atoms with Crippen LogP contribution in [0.2, 0.25) is 0 Å². The lowest BCUT2D eigenvalue weighted by Gasteiger charge is -2.11. The van der Waals surface area contributed by atoms with Crippen molar-refractivity contribution in [2.45, 2.75) is 26.7 Å².